The van der Waals surface area contributed by atoms with E-state index >= 15 is 0 Å². The van der Waals surface area contributed by atoms with Crippen LogP contribution in [0.5, 0.6) is 10.8 Å². The summed E-state index contributed by atoms with van der Waals surface area (Å²) in [5.41, 5.74) is 0.529. The molecule has 31 heavy (non-hydrogen) atoms. The van der Waals surface area contributed by atoms with Crippen molar-refractivity contribution in [3.05, 3.63) is 59.3 Å². The molecule has 2 aromatic carbocycles. The molecule has 0 atom stereocenters. The van der Waals surface area contributed by atoms with Gasteiger partial charge in [-0.05, 0) is 55.1 Å². The van der Waals surface area contributed by atoms with Crippen molar-refractivity contribution in [1.82, 2.24) is 9.71 Å². The highest BCUT2D eigenvalue weighted by Gasteiger charge is 2.22. The minimum Gasteiger partial charge on any atom is -0.445 e. The molecule has 0 aliphatic heterocycles. The van der Waals surface area contributed by atoms with Gasteiger partial charge in [-0.25, -0.2) is 18.6 Å². The van der Waals surface area contributed by atoms with Crippen LogP contribution in [0.4, 0.5) is 24.4 Å². The summed E-state index contributed by atoms with van der Waals surface area (Å²) in [5, 5.41) is 3.51. The summed E-state index contributed by atoms with van der Waals surface area (Å²) in [4.78, 5) is 18.5. The maximum absolute atomic E-state index is 14.0. The highest BCUT2D eigenvalue weighted by Crippen LogP contribution is 2.33. The van der Waals surface area contributed by atoms with Gasteiger partial charge in [0.15, 0.2) is 5.13 Å². The number of nitrogens with zero attached hydrogens (tertiary/aromatic N) is 2. The van der Waals surface area contributed by atoms with E-state index in [1.807, 2.05) is 0 Å². The van der Waals surface area contributed by atoms with Crippen molar-refractivity contribution < 1.29 is 18.3 Å². The van der Waals surface area contributed by atoms with Crippen LogP contribution in [0.1, 0.15) is 12.8 Å². The number of carbonyl (C=O) groups is 1. The number of rotatable bonds is 7. The molecule has 1 aliphatic rings. The van der Waals surface area contributed by atoms with Crippen molar-refractivity contribution in [2.45, 2.75) is 23.8 Å². The molecule has 1 aromatic heterocycles. The van der Waals surface area contributed by atoms with Crippen LogP contribution < -0.4 is 19.7 Å². The third-order valence-corrected chi connectivity index (χ3v) is 6.27. The Kier molecular flexibility index (Phi) is 6.61. The van der Waals surface area contributed by atoms with Gasteiger partial charge in [-0.3, -0.25) is 14.9 Å². The number of benzene rings is 2. The number of amides is 2. The second-order valence-corrected chi connectivity index (χ2v) is 9.10. The van der Waals surface area contributed by atoms with E-state index in [0.717, 1.165) is 24.2 Å². The second kappa shape index (κ2) is 9.39. The van der Waals surface area contributed by atoms with Gasteiger partial charge in [0.1, 0.15) is 17.4 Å². The first-order valence-electron chi connectivity index (χ1n) is 9.24. The predicted molar refractivity (Wildman–Crippen MR) is 119 cm³/mol. The van der Waals surface area contributed by atoms with Crippen molar-refractivity contribution in [2.24, 2.45) is 0 Å². The first-order valence-corrected chi connectivity index (χ1v) is 11.2. The zero-order chi connectivity index (χ0) is 22.0. The molecule has 1 fully saturated rings. The van der Waals surface area contributed by atoms with Gasteiger partial charge in [0.25, 0.3) is 0 Å². The fourth-order valence-electron chi connectivity index (χ4n) is 2.49. The summed E-state index contributed by atoms with van der Waals surface area (Å²) in [6, 6.07) is 8.27. The van der Waals surface area contributed by atoms with E-state index in [0.29, 0.717) is 26.8 Å². The number of nitrogens with one attached hydrogen (secondary N) is 2. The molecule has 0 spiro atoms. The number of hydrogen-bond acceptors (Lipinski definition) is 6. The molecule has 2 N–H and O–H groups in total. The Balaban J connectivity index is 1.39. The molecule has 4 rings (SSSR count). The Bertz CT molecular complexity index is 1090. The molecule has 1 saturated carbocycles. The molecule has 3 aromatic rings. The number of aromatic nitrogens is 1. The summed E-state index contributed by atoms with van der Waals surface area (Å²) in [6.45, 7) is 0. The lowest BCUT2D eigenvalue weighted by Crippen LogP contribution is -2.31. The molecule has 0 radical (unpaired) electrons. The van der Waals surface area contributed by atoms with Crippen molar-refractivity contribution in [2.75, 3.05) is 17.3 Å². The molecular formula is C20H17ClF2N4O2S2. The largest absolute Gasteiger partial charge is 0.445 e. The summed E-state index contributed by atoms with van der Waals surface area (Å²) < 4.78 is 36.2. The minimum absolute atomic E-state index is 0.207. The van der Waals surface area contributed by atoms with E-state index in [4.69, 9.17) is 16.3 Å². The Morgan fingerprint density at radius 3 is 2.84 bits per heavy atom. The van der Waals surface area contributed by atoms with Crippen LogP contribution in [0, 0.1) is 11.6 Å². The topological polar surface area (TPSA) is 66.5 Å². The van der Waals surface area contributed by atoms with Crippen LogP contribution >= 0.6 is 34.9 Å². The lowest BCUT2D eigenvalue weighted by Gasteiger charge is -2.18. The van der Waals surface area contributed by atoms with Gasteiger partial charge in [0.05, 0.1) is 11.1 Å². The molecule has 1 aliphatic carbocycles. The summed E-state index contributed by atoms with van der Waals surface area (Å²) in [7, 11) is 1.57. The monoisotopic (exact) mass is 482 g/mol. The molecule has 0 bridgehead atoms. The summed E-state index contributed by atoms with van der Waals surface area (Å²) >= 11 is 8.12. The van der Waals surface area contributed by atoms with E-state index < -0.39 is 11.8 Å². The molecule has 6 nitrogen and oxygen atoms in total. The maximum atomic E-state index is 14.0. The van der Waals surface area contributed by atoms with Crippen LogP contribution in [-0.2, 0) is 0 Å². The van der Waals surface area contributed by atoms with E-state index in [-0.39, 0.29) is 16.6 Å². The lowest BCUT2D eigenvalue weighted by molar-refractivity contribution is 0.258. The van der Waals surface area contributed by atoms with E-state index in [1.54, 1.807) is 13.1 Å². The third-order valence-electron chi connectivity index (χ3n) is 4.27. The van der Waals surface area contributed by atoms with Crippen molar-refractivity contribution in [3.8, 4) is 10.8 Å². The van der Waals surface area contributed by atoms with Crippen molar-refractivity contribution in [3.63, 3.8) is 0 Å². The van der Waals surface area contributed by atoms with Gasteiger partial charge in [0, 0.05) is 29.9 Å². The summed E-state index contributed by atoms with van der Waals surface area (Å²) in [6.07, 6.45) is 3.58. The average Bonchev–Trinajstić information content (AvgIpc) is 3.45. The zero-order valence-corrected chi connectivity index (χ0v) is 18.6. The number of thiazole rings is 1. The number of halogens is 3. The number of carbonyl (C=O) groups excluding carboxylic acids is 1. The van der Waals surface area contributed by atoms with E-state index in [2.05, 4.69) is 15.0 Å². The second-order valence-electron chi connectivity index (χ2n) is 6.79. The van der Waals surface area contributed by atoms with Crippen LogP contribution in [0.2, 0.25) is 5.02 Å². The van der Waals surface area contributed by atoms with Gasteiger partial charge in [-0.1, -0.05) is 22.9 Å². The molecule has 162 valence electrons. The highest BCUT2D eigenvalue weighted by atomic mass is 35.5. The first-order chi connectivity index (χ1) is 14.9. The zero-order valence-electron chi connectivity index (χ0n) is 16.2. The third kappa shape index (κ3) is 5.85. The number of ether oxygens (including phenoxy) is 1. The first kappa shape index (κ1) is 21.8. The number of urea groups is 1. The molecule has 1 heterocycles. The molecular weight excluding hydrogens is 466 g/mol. The van der Waals surface area contributed by atoms with Crippen molar-refractivity contribution in [1.29, 1.82) is 0 Å². The van der Waals surface area contributed by atoms with Gasteiger partial charge in [0.2, 0.25) is 5.06 Å². The minimum atomic E-state index is -0.522. The predicted octanol–water partition coefficient (Wildman–Crippen LogP) is 6.29. The Morgan fingerprint density at radius 2 is 2.10 bits per heavy atom. The maximum Gasteiger partial charge on any atom is 0.327 e. The fourth-order valence-corrected chi connectivity index (χ4v) is 4.25. The smallest absolute Gasteiger partial charge is 0.327 e. The normalized spacial score (nSPS) is 13.2. The Labute approximate surface area is 190 Å². The van der Waals surface area contributed by atoms with Gasteiger partial charge in [-0.2, -0.15) is 0 Å². The Hall–Kier alpha value is -2.40. The summed E-state index contributed by atoms with van der Waals surface area (Å²) in [5.74, 6) is -0.652. The van der Waals surface area contributed by atoms with Gasteiger partial charge >= 0.3 is 6.03 Å². The Morgan fingerprint density at radius 1 is 1.29 bits per heavy atom. The molecule has 0 saturated heterocycles. The van der Waals surface area contributed by atoms with Crippen LogP contribution in [0.15, 0.2) is 47.5 Å². The van der Waals surface area contributed by atoms with Crippen molar-refractivity contribution >= 4 is 51.7 Å². The van der Waals surface area contributed by atoms with Crippen LogP contribution in [-0.4, -0.2) is 24.1 Å². The molecule has 0 unspecified atom stereocenters. The van der Waals surface area contributed by atoms with Crippen LogP contribution in [0.25, 0.3) is 0 Å². The van der Waals surface area contributed by atoms with E-state index in [9.17, 15) is 13.6 Å². The fraction of sp³-hybridized carbons (Fsp3) is 0.200. The van der Waals surface area contributed by atoms with E-state index in [1.165, 1.54) is 53.4 Å². The highest BCUT2D eigenvalue weighted by molar-refractivity contribution is 7.97. The van der Waals surface area contributed by atoms with Crippen LogP contribution in [0.3, 0.4) is 0 Å². The standard InChI is InChI=1S/C20H17ClF2N4O2S2/c1-27(14-4-5-16(23)17(9-14)31-26-13-2-3-13)20(28)25-19-24-10-18(30-19)29-15-7-11(21)6-12(22)8-15/h4-10,13,26H,2-3H2,1H3,(H,24,25,28). The SMILES string of the molecule is CN(C(=O)Nc1ncc(Oc2cc(F)cc(Cl)c2)s1)c1ccc(F)c(SNC2CC2)c1. The number of anilines is 2. The quantitative estimate of drug-likeness (QED) is 0.387. The molecule has 2 amide bonds. The van der Waals surface area contributed by atoms with Gasteiger partial charge < -0.3 is 4.74 Å². The molecule has 11 heteroatoms. The average molecular weight is 483 g/mol. The number of hydrogen-bond donors (Lipinski definition) is 2. The van der Waals surface area contributed by atoms with Gasteiger partial charge in [-0.15, -0.1) is 0 Å². The lowest BCUT2D eigenvalue weighted by atomic mass is 10.3.